The maximum atomic E-state index is 13.4. The van der Waals surface area contributed by atoms with E-state index in [-0.39, 0.29) is 18.9 Å². The lowest BCUT2D eigenvalue weighted by molar-refractivity contribution is -0.0361. The van der Waals surface area contributed by atoms with E-state index < -0.39 is 5.92 Å². The molecule has 6 rings (SSSR count). The second kappa shape index (κ2) is 8.26. The molecular weight excluding hydrogens is 440 g/mol. The Labute approximate surface area is 195 Å². The number of fused-ring (bicyclic) bond motifs is 2. The summed E-state index contributed by atoms with van der Waals surface area (Å²) < 4.78 is 36.5. The van der Waals surface area contributed by atoms with Crippen LogP contribution >= 0.6 is 0 Å². The number of alkyl halides is 2. The molecule has 0 unspecified atom stereocenters. The second-order valence-corrected chi connectivity index (χ2v) is 9.35. The third kappa shape index (κ3) is 3.89. The predicted molar refractivity (Wildman–Crippen MR) is 124 cm³/mol. The van der Waals surface area contributed by atoms with Crippen molar-refractivity contribution in [3.05, 3.63) is 36.5 Å². The van der Waals surface area contributed by atoms with Crippen molar-refractivity contribution >= 4 is 22.6 Å². The minimum absolute atomic E-state index is 0.0348. The van der Waals surface area contributed by atoms with Crippen molar-refractivity contribution < 1.29 is 13.5 Å². The smallest absolute Gasteiger partial charge is 0.248 e. The normalized spacial score (nSPS) is 19.7. The van der Waals surface area contributed by atoms with E-state index in [4.69, 9.17) is 4.74 Å². The highest BCUT2D eigenvalue weighted by Crippen LogP contribution is 2.34. The maximum absolute atomic E-state index is 13.4. The molecule has 2 aliphatic rings. The van der Waals surface area contributed by atoms with Crippen molar-refractivity contribution in [1.29, 1.82) is 0 Å². The summed E-state index contributed by atoms with van der Waals surface area (Å²) in [7, 11) is 0. The molecule has 8 nitrogen and oxygen atoms in total. The largest absolute Gasteiger partial charge is 0.381 e. The summed E-state index contributed by atoms with van der Waals surface area (Å²) in [6.45, 7) is 3.55. The van der Waals surface area contributed by atoms with Crippen LogP contribution in [-0.4, -0.2) is 54.3 Å². The molecule has 4 aromatic heterocycles. The highest BCUT2D eigenvalue weighted by molar-refractivity contribution is 5.85. The lowest BCUT2D eigenvalue weighted by Crippen LogP contribution is -2.32. The molecule has 178 valence electrons. The summed E-state index contributed by atoms with van der Waals surface area (Å²) in [4.78, 5) is 13.8. The Bertz CT molecular complexity index is 1330. The van der Waals surface area contributed by atoms with E-state index in [0.29, 0.717) is 24.8 Å². The van der Waals surface area contributed by atoms with E-state index in [9.17, 15) is 8.78 Å². The minimum Gasteiger partial charge on any atom is -0.381 e. The molecule has 0 spiro atoms. The summed E-state index contributed by atoms with van der Waals surface area (Å²) in [6.07, 6.45) is 8.06. The average Bonchev–Trinajstić information content (AvgIpc) is 3.40. The van der Waals surface area contributed by atoms with Gasteiger partial charge in [-0.2, -0.15) is 0 Å². The number of imidazole rings is 1. The molecule has 5 heterocycles. The van der Waals surface area contributed by atoms with Crippen molar-refractivity contribution in [2.75, 3.05) is 18.5 Å². The molecule has 1 aliphatic carbocycles. The van der Waals surface area contributed by atoms with Crippen LogP contribution < -0.4 is 5.32 Å². The first kappa shape index (κ1) is 21.4. The average molecular weight is 468 g/mol. The molecule has 10 heteroatoms. The van der Waals surface area contributed by atoms with Gasteiger partial charge in [0.25, 0.3) is 0 Å². The van der Waals surface area contributed by atoms with Crippen molar-refractivity contribution in [1.82, 2.24) is 29.1 Å². The van der Waals surface area contributed by atoms with Crippen molar-refractivity contribution in [2.24, 2.45) is 0 Å². The van der Waals surface area contributed by atoms with Crippen LogP contribution in [0.4, 0.5) is 14.7 Å². The maximum Gasteiger partial charge on any atom is 0.248 e. The summed E-state index contributed by atoms with van der Waals surface area (Å²) in [6, 6.07) is 4.46. The number of hydrogen-bond acceptors (Lipinski definition) is 6. The number of halogens is 2. The van der Waals surface area contributed by atoms with Gasteiger partial charge in [0.1, 0.15) is 5.82 Å². The van der Waals surface area contributed by atoms with Gasteiger partial charge in [0.05, 0.1) is 17.2 Å². The number of rotatable bonds is 4. The Morgan fingerprint density at radius 1 is 1.06 bits per heavy atom. The van der Waals surface area contributed by atoms with Crippen molar-refractivity contribution in [2.45, 2.75) is 63.5 Å². The van der Waals surface area contributed by atoms with Gasteiger partial charge in [-0.15, -0.1) is 5.10 Å². The molecule has 0 bridgehead atoms. The van der Waals surface area contributed by atoms with Crippen molar-refractivity contribution in [3.8, 4) is 11.1 Å². The standard InChI is InChI=1S/C24H27F2N7O/c1-15-29-22-20(33(15)18-5-10-34-11-6-18)12-16(13-27-22)19-4-9-32-21(19)14-28-23(31-32)30-17-2-7-24(25,26)8-3-17/h4,9,12-14,17-18H,2-3,5-8,10-11H2,1H3,(H,30,31). The Morgan fingerprint density at radius 2 is 1.85 bits per heavy atom. The molecule has 0 radical (unpaired) electrons. The van der Waals surface area contributed by atoms with Crippen LogP contribution in [0.2, 0.25) is 0 Å². The molecular formula is C24H27F2N7O. The molecule has 2 fully saturated rings. The number of anilines is 1. The van der Waals surface area contributed by atoms with E-state index in [1.165, 1.54) is 0 Å². The molecule has 1 aliphatic heterocycles. The number of ether oxygens (including phenoxy) is 1. The Balaban J connectivity index is 1.29. The first-order valence-corrected chi connectivity index (χ1v) is 11.9. The quantitative estimate of drug-likeness (QED) is 0.465. The molecule has 0 atom stereocenters. The fraction of sp³-hybridized carbons (Fsp3) is 0.500. The van der Waals surface area contributed by atoms with Crippen LogP contribution in [0.5, 0.6) is 0 Å². The van der Waals surface area contributed by atoms with Gasteiger partial charge in [-0.25, -0.2) is 28.2 Å². The van der Waals surface area contributed by atoms with Gasteiger partial charge in [-0.1, -0.05) is 0 Å². The Hall–Kier alpha value is -3.14. The summed E-state index contributed by atoms with van der Waals surface area (Å²) in [5, 5.41) is 7.78. The zero-order chi connectivity index (χ0) is 23.3. The van der Waals surface area contributed by atoms with Gasteiger partial charge in [0.2, 0.25) is 11.9 Å². The topological polar surface area (TPSA) is 82.2 Å². The highest BCUT2D eigenvalue weighted by atomic mass is 19.3. The Kier molecular flexibility index (Phi) is 5.20. The zero-order valence-corrected chi connectivity index (χ0v) is 19.0. The number of aromatic nitrogens is 6. The SMILES string of the molecule is Cc1nc2ncc(-c3ccn4nc(NC5CCC(F)(F)CC5)ncc34)cc2n1C1CCOCC1. The molecule has 0 amide bonds. The van der Waals surface area contributed by atoms with Crippen LogP contribution in [0.15, 0.2) is 30.7 Å². The number of nitrogens with zero attached hydrogens (tertiary/aromatic N) is 6. The van der Waals surface area contributed by atoms with E-state index in [0.717, 1.165) is 59.7 Å². The van der Waals surface area contributed by atoms with Crippen LogP contribution in [0.3, 0.4) is 0 Å². The molecule has 0 aromatic carbocycles. The molecule has 34 heavy (non-hydrogen) atoms. The summed E-state index contributed by atoms with van der Waals surface area (Å²) in [5.74, 6) is -1.13. The van der Waals surface area contributed by atoms with Gasteiger partial charge >= 0.3 is 0 Å². The minimum atomic E-state index is -2.55. The summed E-state index contributed by atoms with van der Waals surface area (Å²) >= 11 is 0. The number of pyridine rings is 1. The molecule has 1 saturated carbocycles. The summed E-state index contributed by atoms with van der Waals surface area (Å²) in [5.41, 5.74) is 4.58. The fourth-order valence-electron chi connectivity index (χ4n) is 5.22. The van der Waals surface area contributed by atoms with Gasteiger partial charge in [0, 0.05) is 61.7 Å². The predicted octanol–water partition coefficient (Wildman–Crippen LogP) is 4.79. The van der Waals surface area contributed by atoms with Gasteiger partial charge in [-0.3, -0.25) is 0 Å². The third-order valence-corrected chi connectivity index (χ3v) is 7.06. The lowest BCUT2D eigenvalue weighted by atomic mass is 9.92. The van der Waals surface area contributed by atoms with E-state index in [2.05, 4.69) is 36.0 Å². The van der Waals surface area contributed by atoms with E-state index >= 15 is 0 Å². The van der Waals surface area contributed by atoms with Crippen LogP contribution in [0.25, 0.3) is 27.8 Å². The second-order valence-electron chi connectivity index (χ2n) is 9.35. The van der Waals surface area contributed by atoms with Crippen molar-refractivity contribution in [3.63, 3.8) is 0 Å². The van der Waals surface area contributed by atoms with Gasteiger partial charge in [-0.05, 0) is 44.7 Å². The van der Waals surface area contributed by atoms with Crippen LogP contribution in [0.1, 0.15) is 50.4 Å². The third-order valence-electron chi connectivity index (χ3n) is 7.06. The van der Waals surface area contributed by atoms with Gasteiger partial charge in [0.15, 0.2) is 5.65 Å². The van der Waals surface area contributed by atoms with E-state index in [1.807, 2.05) is 25.4 Å². The molecule has 1 N–H and O–H groups in total. The number of nitrogens with one attached hydrogen (secondary N) is 1. The first-order chi connectivity index (χ1) is 16.5. The fourth-order valence-corrected chi connectivity index (χ4v) is 5.22. The monoisotopic (exact) mass is 467 g/mol. The Morgan fingerprint density at radius 3 is 2.65 bits per heavy atom. The number of hydrogen-bond donors (Lipinski definition) is 1. The van der Waals surface area contributed by atoms with Crippen LogP contribution in [0, 0.1) is 6.92 Å². The first-order valence-electron chi connectivity index (χ1n) is 11.9. The molecule has 4 aromatic rings. The van der Waals surface area contributed by atoms with Crippen LogP contribution in [-0.2, 0) is 4.74 Å². The van der Waals surface area contributed by atoms with Gasteiger partial charge < -0.3 is 14.6 Å². The lowest BCUT2D eigenvalue weighted by Gasteiger charge is -2.28. The van der Waals surface area contributed by atoms with E-state index in [1.54, 1.807) is 10.7 Å². The number of aryl methyl sites for hydroxylation is 1. The zero-order valence-electron chi connectivity index (χ0n) is 19.0. The highest BCUT2D eigenvalue weighted by Gasteiger charge is 2.35. The molecule has 1 saturated heterocycles.